The first-order valence-corrected chi connectivity index (χ1v) is 9.54. The number of ether oxygens (including phenoxy) is 2. The molecule has 1 fully saturated rings. The van der Waals surface area contributed by atoms with E-state index in [1.54, 1.807) is 18.2 Å². The molecule has 0 radical (unpaired) electrons. The maximum Gasteiger partial charge on any atom is 0.254 e. The molecule has 4 nitrogen and oxygen atoms in total. The number of amides is 1. The van der Waals surface area contributed by atoms with E-state index in [2.05, 4.69) is 0 Å². The fourth-order valence-corrected chi connectivity index (χ4v) is 3.84. The van der Waals surface area contributed by atoms with Crippen LogP contribution >= 0.6 is 23.2 Å². The number of halogens is 2. The lowest BCUT2D eigenvalue weighted by atomic mass is 10.0. The lowest BCUT2D eigenvalue weighted by Gasteiger charge is -2.26. The van der Waals surface area contributed by atoms with Crippen LogP contribution in [0.15, 0.2) is 36.4 Å². The summed E-state index contributed by atoms with van der Waals surface area (Å²) in [6.45, 7) is 2.03. The zero-order valence-electron chi connectivity index (χ0n) is 14.2. The van der Waals surface area contributed by atoms with Crippen molar-refractivity contribution >= 4 is 29.1 Å². The van der Waals surface area contributed by atoms with Gasteiger partial charge in [-0.2, -0.15) is 0 Å². The van der Waals surface area contributed by atoms with Crippen LogP contribution in [0.4, 0.5) is 0 Å². The SMILES string of the molecule is O=C(c1ccc(Cl)c(Cl)c1)N1CCC[C@H]1c1ccc2c(c1)OCCCO2. The van der Waals surface area contributed by atoms with Crippen LogP contribution in [0.1, 0.15) is 41.2 Å². The van der Waals surface area contributed by atoms with Gasteiger partial charge in [-0.15, -0.1) is 0 Å². The second-order valence-electron chi connectivity index (χ2n) is 6.54. The Morgan fingerprint density at radius 3 is 2.58 bits per heavy atom. The van der Waals surface area contributed by atoms with Crippen LogP contribution in [0.5, 0.6) is 11.5 Å². The van der Waals surface area contributed by atoms with Gasteiger partial charge in [0.15, 0.2) is 11.5 Å². The summed E-state index contributed by atoms with van der Waals surface area (Å²) in [5, 5.41) is 0.841. The molecule has 136 valence electrons. The fourth-order valence-electron chi connectivity index (χ4n) is 3.54. The highest BCUT2D eigenvalue weighted by Gasteiger charge is 2.31. The van der Waals surface area contributed by atoms with Gasteiger partial charge in [-0.3, -0.25) is 4.79 Å². The van der Waals surface area contributed by atoms with E-state index < -0.39 is 0 Å². The summed E-state index contributed by atoms with van der Waals surface area (Å²) in [7, 11) is 0. The van der Waals surface area contributed by atoms with Gasteiger partial charge < -0.3 is 14.4 Å². The molecule has 0 aromatic heterocycles. The van der Waals surface area contributed by atoms with Crippen LogP contribution in [0, 0.1) is 0 Å². The second kappa shape index (κ2) is 7.37. The van der Waals surface area contributed by atoms with E-state index in [0.29, 0.717) is 28.8 Å². The molecule has 1 amide bonds. The number of rotatable bonds is 2. The van der Waals surface area contributed by atoms with Crippen LogP contribution in [-0.4, -0.2) is 30.6 Å². The fraction of sp³-hybridized carbons (Fsp3) is 0.350. The first kappa shape index (κ1) is 17.5. The average Bonchev–Trinajstić information content (AvgIpc) is 3.02. The Labute approximate surface area is 162 Å². The van der Waals surface area contributed by atoms with Gasteiger partial charge in [0.05, 0.1) is 29.3 Å². The van der Waals surface area contributed by atoms with Gasteiger partial charge in [-0.1, -0.05) is 29.3 Å². The van der Waals surface area contributed by atoms with E-state index in [0.717, 1.165) is 42.9 Å². The molecule has 1 saturated heterocycles. The number of hydrogen-bond acceptors (Lipinski definition) is 3. The third-order valence-electron chi connectivity index (χ3n) is 4.84. The van der Waals surface area contributed by atoms with E-state index in [-0.39, 0.29) is 11.9 Å². The Kier molecular flexibility index (Phi) is 4.96. The van der Waals surface area contributed by atoms with Crippen molar-refractivity contribution in [2.45, 2.75) is 25.3 Å². The van der Waals surface area contributed by atoms with Gasteiger partial charge in [0.25, 0.3) is 5.91 Å². The molecule has 2 aliphatic heterocycles. The summed E-state index contributed by atoms with van der Waals surface area (Å²) >= 11 is 12.0. The van der Waals surface area contributed by atoms with E-state index in [1.807, 2.05) is 23.1 Å². The monoisotopic (exact) mass is 391 g/mol. The van der Waals surface area contributed by atoms with Gasteiger partial charge in [-0.05, 0) is 48.7 Å². The molecule has 26 heavy (non-hydrogen) atoms. The van der Waals surface area contributed by atoms with Crippen LogP contribution in [0.25, 0.3) is 0 Å². The summed E-state index contributed by atoms with van der Waals surface area (Å²) in [6, 6.07) is 11.0. The quantitative estimate of drug-likeness (QED) is 0.711. The molecular weight excluding hydrogens is 373 g/mol. The molecule has 2 aliphatic rings. The lowest BCUT2D eigenvalue weighted by molar-refractivity contribution is 0.0735. The van der Waals surface area contributed by atoms with Crippen molar-refractivity contribution in [1.82, 2.24) is 4.90 Å². The minimum absolute atomic E-state index is 0.0223. The number of fused-ring (bicyclic) bond motifs is 1. The molecular formula is C20H19Cl2NO3. The van der Waals surface area contributed by atoms with Crippen LogP contribution < -0.4 is 9.47 Å². The minimum atomic E-state index is -0.0295. The van der Waals surface area contributed by atoms with Gasteiger partial charge in [0.1, 0.15) is 0 Å². The molecule has 0 spiro atoms. The summed E-state index contributed by atoms with van der Waals surface area (Å²) in [5.41, 5.74) is 1.63. The van der Waals surface area contributed by atoms with Crippen molar-refractivity contribution in [1.29, 1.82) is 0 Å². The lowest BCUT2D eigenvalue weighted by Crippen LogP contribution is -2.30. The van der Waals surface area contributed by atoms with Crippen molar-refractivity contribution in [3.8, 4) is 11.5 Å². The normalized spacial score (nSPS) is 19.3. The molecule has 2 heterocycles. The van der Waals surface area contributed by atoms with E-state index in [1.165, 1.54) is 0 Å². The van der Waals surface area contributed by atoms with Crippen molar-refractivity contribution < 1.29 is 14.3 Å². The number of carbonyl (C=O) groups is 1. The van der Waals surface area contributed by atoms with Crippen molar-refractivity contribution in [3.05, 3.63) is 57.6 Å². The summed E-state index contributed by atoms with van der Waals surface area (Å²) < 4.78 is 11.5. The second-order valence-corrected chi connectivity index (χ2v) is 7.36. The van der Waals surface area contributed by atoms with Gasteiger partial charge in [0.2, 0.25) is 0 Å². The average molecular weight is 392 g/mol. The number of carbonyl (C=O) groups excluding carboxylic acids is 1. The molecule has 1 atom stereocenters. The molecule has 2 aromatic rings. The van der Waals surface area contributed by atoms with Crippen LogP contribution in [0.2, 0.25) is 10.0 Å². The van der Waals surface area contributed by atoms with E-state index in [4.69, 9.17) is 32.7 Å². The number of benzene rings is 2. The summed E-state index contributed by atoms with van der Waals surface area (Å²) in [6.07, 6.45) is 2.76. The zero-order valence-corrected chi connectivity index (χ0v) is 15.7. The maximum absolute atomic E-state index is 13.0. The molecule has 0 aliphatic carbocycles. The topological polar surface area (TPSA) is 38.8 Å². The third-order valence-corrected chi connectivity index (χ3v) is 5.58. The largest absolute Gasteiger partial charge is 0.490 e. The Balaban J connectivity index is 1.61. The molecule has 0 N–H and O–H groups in total. The predicted molar refractivity (Wildman–Crippen MR) is 102 cm³/mol. The molecule has 0 bridgehead atoms. The smallest absolute Gasteiger partial charge is 0.254 e. The van der Waals surface area contributed by atoms with Crippen molar-refractivity contribution in [2.24, 2.45) is 0 Å². The Morgan fingerprint density at radius 2 is 1.77 bits per heavy atom. The number of hydrogen-bond donors (Lipinski definition) is 0. The van der Waals surface area contributed by atoms with E-state index >= 15 is 0 Å². The van der Waals surface area contributed by atoms with Gasteiger partial charge >= 0.3 is 0 Å². The molecule has 0 saturated carbocycles. The van der Waals surface area contributed by atoms with Crippen molar-refractivity contribution in [2.75, 3.05) is 19.8 Å². The molecule has 2 aromatic carbocycles. The first-order valence-electron chi connectivity index (χ1n) is 8.79. The predicted octanol–water partition coefficient (Wildman–Crippen LogP) is 5.13. The number of likely N-dealkylation sites (tertiary alicyclic amines) is 1. The standard InChI is InChI=1S/C20H19Cl2NO3/c21-15-6-4-14(11-16(15)22)20(24)23-8-1-3-17(23)13-5-7-18-19(12-13)26-10-2-9-25-18/h4-7,11-12,17H,1-3,8-10H2/t17-/m0/s1. The third kappa shape index (κ3) is 3.36. The summed E-state index contributed by atoms with van der Waals surface area (Å²) in [4.78, 5) is 14.9. The Bertz CT molecular complexity index is 840. The Morgan fingerprint density at radius 1 is 0.962 bits per heavy atom. The highest BCUT2D eigenvalue weighted by molar-refractivity contribution is 6.42. The minimum Gasteiger partial charge on any atom is -0.490 e. The molecule has 6 heteroatoms. The van der Waals surface area contributed by atoms with Crippen molar-refractivity contribution in [3.63, 3.8) is 0 Å². The Hall–Kier alpha value is -1.91. The maximum atomic E-state index is 13.0. The van der Waals surface area contributed by atoms with Crippen LogP contribution in [-0.2, 0) is 0 Å². The zero-order chi connectivity index (χ0) is 18.1. The van der Waals surface area contributed by atoms with Gasteiger partial charge in [0, 0.05) is 18.5 Å². The van der Waals surface area contributed by atoms with Crippen LogP contribution in [0.3, 0.4) is 0 Å². The molecule has 4 rings (SSSR count). The first-order chi connectivity index (χ1) is 12.6. The number of nitrogens with zero attached hydrogens (tertiary/aromatic N) is 1. The highest BCUT2D eigenvalue weighted by atomic mass is 35.5. The van der Waals surface area contributed by atoms with Gasteiger partial charge in [-0.25, -0.2) is 0 Å². The molecule has 0 unspecified atom stereocenters. The summed E-state index contributed by atoms with van der Waals surface area (Å²) in [5.74, 6) is 1.50. The highest BCUT2D eigenvalue weighted by Crippen LogP contribution is 2.38. The van der Waals surface area contributed by atoms with E-state index in [9.17, 15) is 4.79 Å².